The Morgan fingerprint density at radius 1 is 1.17 bits per heavy atom. The summed E-state index contributed by atoms with van der Waals surface area (Å²) in [5.74, 6) is -0.128. The number of methoxy groups -OCH3 is 1. The largest absolute Gasteiger partial charge is 0.496 e. The number of benzene rings is 2. The predicted octanol–water partition coefficient (Wildman–Crippen LogP) is 3.86. The third-order valence-electron chi connectivity index (χ3n) is 4.03. The standard InChI is InChI=1S/C20H13ClN2O6/c1-26-15-5-3-2-4-12(15)19-22-18(29-23-19)10-27-20(25)17-9-14(24)13-8-11(21)6-7-16(13)28-17/h2-9H,10H2,1H3. The Morgan fingerprint density at radius 3 is 2.83 bits per heavy atom. The minimum absolute atomic E-state index is 0.0779. The summed E-state index contributed by atoms with van der Waals surface area (Å²) in [6, 6.07) is 12.7. The molecule has 0 aliphatic rings. The number of carbonyl (C=O) groups excluding carboxylic acids is 1. The maximum absolute atomic E-state index is 12.3. The van der Waals surface area contributed by atoms with Crippen LogP contribution in [0.2, 0.25) is 5.02 Å². The molecule has 0 atom stereocenters. The molecule has 0 fully saturated rings. The monoisotopic (exact) mass is 412 g/mol. The summed E-state index contributed by atoms with van der Waals surface area (Å²) in [5, 5.41) is 4.53. The molecule has 0 aliphatic carbocycles. The van der Waals surface area contributed by atoms with Crippen molar-refractivity contribution in [3.05, 3.63) is 75.4 Å². The number of fused-ring (bicyclic) bond motifs is 1. The first-order chi connectivity index (χ1) is 14.0. The number of aromatic nitrogens is 2. The summed E-state index contributed by atoms with van der Waals surface area (Å²) in [6.07, 6.45) is 0. The zero-order valence-electron chi connectivity index (χ0n) is 15.0. The lowest BCUT2D eigenvalue weighted by Gasteiger charge is -2.03. The van der Waals surface area contributed by atoms with Crippen LogP contribution in [0.4, 0.5) is 0 Å². The van der Waals surface area contributed by atoms with Gasteiger partial charge in [0.25, 0.3) is 5.89 Å². The Kier molecular flexibility index (Phi) is 5.01. The van der Waals surface area contributed by atoms with Crippen LogP contribution < -0.4 is 10.2 Å². The highest BCUT2D eigenvalue weighted by molar-refractivity contribution is 6.31. The highest BCUT2D eigenvalue weighted by Crippen LogP contribution is 2.27. The Labute approximate surface area is 168 Å². The molecular formula is C20H13ClN2O6. The Morgan fingerprint density at radius 2 is 2.00 bits per heavy atom. The van der Waals surface area contributed by atoms with Gasteiger partial charge in [0.1, 0.15) is 11.3 Å². The average Bonchev–Trinajstić information content (AvgIpc) is 3.21. The van der Waals surface area contributed by atoms with E-state index < -0.39 is 11.4 Å². The minimum atomic E-state index is -0.837. The number of esters is 1. The number of hydrogen-bond donors (Lipinski definition) is 0. The summed E-state index contributed by atoms with van der Waals surface area (Å²) in [6.45, 7) is -0.288. The molecular weight excluding hydrogens is 400 g/mol. The molecule has 4 rings (SSSR count). The summed E-state index contributed by atoms with van der Waals surface area (Å²) in [4.78, 5) is 28.6. The predicted molar refractivity (Wildman–Crippen MR) is 103 cm³/mol. The zero-order valence-corrected chi connectivity index (χ0v) is 15.8. The van der Waals surface area contributed by atoms with E-state index in [2.05, 4.69) is 10.1 Å². The van der Waals surface area contributed by atoms with Crippen molar-refractivity contribution >= 4 is 28.5 Å². The van der Waals surface area contributed by atoms with Crippen molar-refractivity contribution in [2.45, 2.75) is 6.61 Å². The van der Waals surface area contributed by atoms with Gasteiger partial charge in [0.15, 0.2) is 12.0 Å². The van der Waals surface area contributed by atoms with Crippen LogP contribution in [0.3, 0.4) is 0 Å². The second-order valence-corrected chi connectivity index (χ2v) is 6.34. The molecule has 2 heterocycles. The van der Waals surface area contributed by atoms with Crippen molar-refractivity contribution in [2.24, 2.45) is 0 Å². The smallest absolute Gasteiger partial charge is 0.374 e. The van der Waals surface area contributed by atoms with Gasteiger partial charge in [-0.25, -0.2) is 4.79 Å². The van der Waals surface area contributed by atoms with Crippen molar-refractivity contribution in [3.8, 4) is 17.1 Å². The molecule has 29 heavy (non-hydrogen) atoms. The van der Waals surface area contributed by atoms with Gasteiger partial charge in [-0.2, -0.15) is 4.98 Å². The van der Waals surface area contributed by atoms with Gasteiger partial charge in [-0.1, -0.05) is 28.9 Å². The highest BCUT2D eigenvalue weighted by atomic mass is 35.5. The number of carbonyl (C=O) groups is 1. The van der Waals surface area contributed by atoms with Crippen LogP contribution in [0.5, 0.6) is 5.75 Å². The second-order valence-electron chi connectivity index (χ2n) is 5.90. The lowest BCUT2D eigenvalue weighted by molar-refractivity contribution is 0.0394. The first kappa shape index (κ1) is 18.7. The van der Waals surface area contributed by atoms with E-state index in [4.69, 9.17) is 30.0 Å². The lowest BCUT2D eigenvalue weighted by Crippen LogP contribution is -2.10. The third-order valence-corrected chi connectivity index (χ3v) is 4.27. The van der Waals surface area contributed by atoms with Crippen molar-refractivity contribution in [3.63, 3.8) is 0 Å². The fourth-order valence-corrected chi connectivity index (χ4v) is 2.85. The molecule has 0 aliphatic heterocycles. The van der Waals surface area contributed by atoms with Crippen molar-refractivity contribution in [2.75, 3.05) is 7.11 Å². The quantitative estimate of drug-likeness (QED) is 0.455. The van der Waals surface area contributed by atoms with E-state index in [0.29, 0.717) is 22.2 Å². The molecule has 2 aromatic heterocycles. The molecule has 0 spiro atoms. The van der Waals surface area contributed by atoms with Gasteiger partial charge in [0.05, 0.1) is 18.1 Å². The number of ether oxygens (including phenoxy) is 2. The molecule has 0 unspecified atom stereocenters. The summed E-state index contributed by atoms with van der Waals surface area (Å²) >= 11 is 5.87. The molecule has 0 bridgehead atoms. The molecule has 0 saturated heterocycles. The van der Waals surface area contributed by atoms with Crippen LogP contribution >= 0.6 is 11.6 Å². The van der Waals surface area contributed by atoms with Gasteiger partial charge in [0.2, 0.25) is 11.6 Å². The molecule has 0 N–H and O–H groups in total. The number of rotatable bonds is 5. The zero-order chi connectivity index (χ0) is 20.4. The Hall–Kier alpha value is -3.65. The molecule has 2 aromatic carbocycles. The van der Waals surface area contributed by atoms with Gasteiger partial charge in [-0.3, -0.25) is 4.79 Å². The van der Waals surface area contributed by atoms with Crippen molar-refractivity contribution < 1.29 is 23.2 Å². The maximum Gasteiger partial charge on any atom is 0.374 e. The van der Waals surface area contributed by atoms with Crippen LogP contribution in [-0.2, 0) is 11.3 Å². The molecule has 0 saturated carbocycles. The van der Waals surface area contributed by atoms with Crippen molar-refractivity contribution in [1.29, 1.82) is 0 Å². The normalized spacial score (nSPS) is 10.8. The molecule has 0 radical (unpaired) electrons. The number of para-hydroxylation sites is 1. The lowest BCUT2D eigenvalue weighted by atomic mass is 10.2. The van der Waals surface area contributed by atoms with Gasteiger partial charge >= 0.3 is 5.97 Å². The summed E-state index contributed by atoms with van der Waals surface area (Å²) in [7, 11) is 1.53. The topological polar surface area (TPSA) is 105 Å². The SMILES string of the molecule is COc1ccccc1-c1noc(COC(=O)c2cc(=O)c3cc(Cl)ccc3o2)n1. The van der Waals surface area contributed by atoms with Crippen LogP contribution in [0.1, 0.15) is 16.4 Å². The number of hydrogen-bond acceptors (Lipinski definition) is 8. The van der Waals surface area contributed by atoms with E-state index in [1.807, 2.05) is 12.1 Å². The first-order valence-electron chi connectivity index (χ1n) is 8.41. The molecule has 9 heteroatoms. The van der Waals surface area contributed by atoms with Crippen LogP contribution in [-0.4, -0.2) is 23.2 Å². The van der Waals surface area contributed by atoms with Gasteiger partial charge in [0, 0.05) is 11.1 Å². The molecule has 8 nitrogen and oxygen atoms in total. The van der Waals surface area contributed by atoms with E-state index in [0.717, 1.165) is 6.07 Å². The highest BCUT2D eigenvalue weighted by Gasteiger charge is 2.17. The Balaban J connectivity index is 1.51. The fraction of sp³-hybridized carbons (Fsp3) is 0.100. The van der Waals surface area contributed by atoms with E-state index in [1.54, 1.807) is 18.2 Å². The van der Waals surface area contributed by atoms with E-state index >= 15 is 0 Å². The van der Waals surface area contributed by atoms with Gasteiger partial charge in [-0.15, -0.1) is 0 Å². The molecule has 0 amide bonds. The minimum Gasteiger partial charge on any atom is -0.496 e. The van der Waals surface area contributed by atoms with E-state index in [-0.39, 0.29) is 29.2 Å². The summed E-state index contributed by atoms with van der Waals surface area (Å²) < 4.78 is 20.9. The Bertz CT molecular complexity index is 1260. The maximum atomic E-state index is 12.3. The average molecular weight is 413 g/mol. The third kappa shape index (κ3) is 3.83. The molecule has 146 valence electrons. The summed E-state index contributed by atoms with van der Waals surface area (Å²) in [5.41, 5.74) is 0.456. The molecule has 4 aromatic rings. The van der Waals surface area contributed by atoms with Crippen LogP contribution in [0, 0.1) is 0 Å². The van der Waals surface area contributed by atoms with Crippen LogP contribution in [0.25, 0.3) is 22.4 Å². The first-order valence-corrected chi connectivity index (χ1v) is 8.79. The van der Waals surface area contributed by atoms with Crippen LogP contribution in [0.15, 0.2) is 62.3 Å². The van der Waals surface area contributed by atoms with Gasteiger partial charge in [-0.05, 0) is 30.3 Å². The number of nitrogens with zero attached hydrogens (tertiary/aromatic N) is 2. The van der Waals surface area contributed by atoms with E-state index in [9.17, 15) is 9.59 Å². The van der Waals surface area contributed by atoms with Crippen molar-refractivity contribution in [1.82, 2.24) is 10.1 Å². The second kappa shape index (κ2) is 7.76. The van der Waals surface area contributed by atoms with E-state index in [1.165, 1.54) is 19.2 Å². The number of halogens is 1. The van der Waals surface area contributed by atoms with Gasteiger partial charge < -0.3 is 18.4 Å². The fourth-order valence-electron chi connectivity index (χ4n) is 2.68.